The van der Waals surface area contributed by atoms with Gasteiger partial charge in [-0.2, -0.15) is 0 Å². The molecule has 5 heteroatoms. The second kappa shape index (κ2) is 4.40. The highest BCUT2D eigenvalue weighted by Gasteiger charge is 2.39. The molecule has 1 atom stereocenters. The molecule has 0 N–H and O–H groups in total. The van der Waals surface area contributed by atoms with Crippen molar-refractivity contribution in [2.24, 2.45) is 0 Å². The van der Waals surface area contributed by atoms with E-state index in [1.807, 2.05) is 0 Å². The summed E-state index contributed by atoms with van der Waals surface area (Å²) in [5.74, 6) is 0.628. The van der Waals surface area contributed by atoms with E-state index < -0.39 is 10.3 Å². The number of rotatable bonds is 3. The second-order valence-electron chi connectivity index (χ2n) is 4.79. The van der Waals surface area contributed by atoms with Crippen molar-refractivity contribution in [1.82, 2.24) is 0 Å². The Hall–Kier alpha value is -1.91. The first kappa shape index (κ1) is 12.5. The smallest absolute Gasteiger partial charge is 0.274 e. The van der Waals surface area contributed by atoms with Crippen molar-refractivity contribution in [3.8, 4) is 5.75 Å². The van der Waals surface area contributed by atoms with Crippen LogP contribution < -0.4 is 4.74 Å². The fraction of sp³-hybridized carbons (Fsp3) is 0.462. The molecule has 0 saturated carbocycles. The summed E-state index contributed by atoms with van der Waals surface area (Å²) in [6.45, 7) is 1.75. The summed E-state index contributed by atoms with van der Waals surface area (Å²) >= 11 is 0. The van der Waals surface area contributed by atoms with Gasteiger partial charge in [0.05, 0.1) is 17.4 Å². The van der Waals surface area contributed by atoms with Crippen LogP contribution in [0.3, 0.4) is 0 Å². The molecule has 0 aromatic heterocycles. The highest BCUT2D eigenvalue weighted by Crippen LogP contribution is 2.44. The van der Waals surface area contributed by atoms with Crippen LogP contribution in [0.4, 0.5) is 5.69 Å². The Morgan fingerprint density at radius 1 is 1.50 bits per heavy atom. The third-order valence-corrected chi connectivity index (χ3v) is 3.62. The topological polar surface area (TPSA) is 69.4 Å². The number of nitro groups is 1. The number of hydrogen-bond acceptors (Lipinski definition) is 4. The van der Waals surface area contributed by atoms with Crippen molar-refractivity contribution in [2.75, 3.05) is 7.11 Å². The van der Waals surface area contributed by atoms with Crippen LogP contribution in [0, 0.1) is 10.1 Å². The zero-order valence-corrected chi connectivity index (χ0v) is 10.4. The molecule has 1 unspecified atom stereocenters. The van der Waals surface area contributed by atoms with Crippen molar-refractivity contribution in [3.05, 3.63) is 33.4 Å². The standard InChI is InChI=1S/C13H15NO4/c1-13(8-15)7-3-4-9-11(18-2)6-5-10(12(9)13)14(16)17/h5-6,8H,3-4,7H2,1-2H3. The van der Waals surface area contributed by atoms with Gasteiger partial charge in [-0.3, -0.25) is 10.1 Å². The highest BCUT2D eigenvalue weighted by molar-refractivity contribution is 5.74. The van der Waals surface area contributed by atoms with E-state index in [0.29, 0.717) is 24.2 Å². The number of fused-ring (bicyclic) bond motifs is 1. The Balaban J connectivity index is 2.76. The van der Waals surface area contributed by atoms with Crippen LogP contribution in [-0.4, -0.2) is 18.3 Å². The normalized spacial score (nSPS) is 22.1. The van der Waals surface area contributed by atoms with Crippen LogP contribution in [0.1, 0.15) is 30.9 Å². The third kappa shape index (κ3) is 1.75. The minimum Gasteiger partial charge on any atom is -0.496 e. The van der Waals surface area contributed by atoms with Gasteiger partial charge in [0.2, 0.25) is 0 Å². The first-order valence-corrected chi connectivity index (χ1v) is 5.84. The number of aldehydes is 1. The zero-order valence-electron chi connectivity index (χ0n) is 10.4. The van der Waals surface area contributed by atoms with E-state index in [4.69, 9.17) is 4.74 Å². The third-order valence-electron chi connectivity index (χ3n) is 3.62. The van der Waals surface area contributed by atoms with Crippen LogP contribution in [0.15, 0.2) is 12.1 Å². The summed E-state index contributed by atoms with van der Waals surface area (Å²) in [5, 5.41) is 11.1. The van der Waals surface area contributed by atoms with Gasteiger partial charge >= 0.3 is 0 Å². The van der Waals surface area contributed by atoms with E-state index in [1.54, 1.807) is 13.0 Å². The quantitative estimate of drug-likeness (QED) is 0.468. The molecule has 5 nitrogen and oxygen atoms in total. The Morgan fingerprint density at radius 3 is 2.78 bits per heavy atom. The van der Waals surface area contributed by atoms with Gasteiger partial charge in [0.25, 0.3) is 5.69 Å². The number of nitro benzene ring substituents is 1. The van der Waals surface area contributed by atoms with Gasteiger partial charge in [-0.15, -0.1) is 0 Å². The largest absolute Gasteiger partial charge is 0.496 e. The monoisotopic (exact) mass is 249 g/mol. The SMILES string of the molecule is COc1ccc([N+](=O)[O-])c2c1CCCC2(C)C=O. The molecule has 0 fully saturated rings. The van der Waals surface area contributed by atoms with Gasteiger partial charge in [0.15, 0.2) is 0 Å². The molecule has 0 saturated heterocycles. The summed E-state index contributed by atoms with van der Waals surface area (Å²) in [6.07, 6.45) is 3.00. The Kier molecular flexibility index (Phi) is 3.07. The molecular weight excluding hydrogens is 234 g/mol. The lowest BCUT2D eigenvalue weighted by Crippen LogP contribution is -2.30. The van der Waals surface area contributed by atoms with Crippen molar-refractivity contribution >= 4 is 12.0 Å². The van der Waals surface area contributed by atoms with Gasteiger partial charge in [0, 0.05) is 17.2 Å². The Morgan fingerprint density at radius 2 is 2.22 bits per heavy atom. The summed E-state index contributed by atoms with van der Waals surface area (Å²) in [4.78, 5) is 22.1. The predicted octanol–water partition coefficient (Wildman–Crippen LogP) is 2.40. The van der Waals surface area contributed by atoms with Gasteiger partial charge < -0.3 is 9.53 Å². The Labute approximate surface area is 105 Å². The van der Waals surface area contributed by atoms with E-state index >= 15 is 0 Å². The maximum atomic E-state index is 11.4. The second-order valence-corrected chi connectivity index (χ2v) is 4.79. The zero-order chi connectivity index (χ0) is 13.3. The van der Waals surface area contributed by atoms with Gasteiger partial charge in [-0.1, -0.05) is 0 Å². The molecule has 0 spiro atoms. The molecule has 1 aliphatic rings. The lowest BCUT2D eigenvalue weighted by atomic mass is 9.71. The number of nitrogens with zero attached hydrogens (tertiary/aromatic N) is 1. The number of carbonyl (C=O) groups excluding carboxylic acids is 1. The first-order chi connectivity index (χ1) is 8.53. The predicted molar refractivity (Wildman–Crippen MR) is 66.0 cm³/mol. The van der Waals surface area contributed by atoms with E-state index in [0.717, 1.165) is 18.3 Å². The fourth-order valence-corrected chi connectivity index (χ4v) is 2.72. The molecule has 0 radical (unpaired) electrons. The fourth-order valence-electron chi connectivity index (χ4n) is 2.72. The molecule has 1 aromatic rings. The molecule has 0 amide bonds. The molecule has 18 heavy (non-hydrogen) atoms. The molecule has 2 rings (SSSR count). The van der Waals surface area contributed by atoms with Crippen molar-refractivity contribution in [1.29, 1.82) is 0 Å². The van der Waals surface area contributed by atoms with Crippen LogP contribution in [0.5, 0.6) is 5.75 Å². The molecular formula is C13H15NO4. The molecule has 96 valence electrons. The van der Waals surface area contributed by atoms with Crippen LogP contribution >= 0.6 is 0 Å². The number of carbonyl (C=O) groups is 1. The average Bonchev–Trinajstić information content (AvgIpc) is 2.37. The maximum absolute atomic E-state index is 11.4. The van der Waals surface area contributed by atoms with Crippen LogP contribution in [0.2, 0.25) is 0 Å². The average molecular weight is 249 g/mol. The summed E-state index contributed by atoms with van der Waals surface area (Å²) in [7, 11) is 1.54. The number of hydrogen-bond donors (Lipinski definition) is 0. The van der Waals surface area contributed by atoms with E-state index in [1.165, 1.54) is 13.2 Å². The number of ether oxygens (including phenoxy) is 1. The number of benzene rings is 1. The van der Waals surface area contributed by atoms with Crippen LogP contribution in [0.25, 0.3) is 0 Å². The van der Waals surface area contributed by atoms with Crippen molar-refractivity contribution in [2.45, 2.75) is 31.6 Å². The maximum Gasteiger partial charge on any atom is 0.274 e. The van der Waals surface area contributed by atoms with E-state index in [2.05, 4.69) is 0 Å². The summed E-state index contributed by atoms with van der Waals surface area (Å²) < 4.78 is 5.25. The molecule has 1 aromatic carbocycles. The molecule has 1 aliphatic carbocycles. The summed E-state index contributed by atoms with van der Waals surface area (Å²) in [6, 6.07) is 3.03. The Bertz CT molecular complexity index is 512. The van der Waals surface area contributed by atoms with Crippen LogP contribution in [-0.2, 0) is 16.6 Å². The van der Waals surface area contributed by atoms with E-state index in [-0.39, 0.29) is 5.69 Å². The highest BCUT2D eigenvalue weighted by atomic mass is 16.6. The van der Waals surface area contributed by atoms with Gasteiger partial charge in [-0.25, -0.2) is 0 Å². The summed E-state index contributed by atoms with van der Waals surface area (Å²) in [5.41, 5.74) is 0.547. The lowest BCUT2D eigenvalue weighted by molar-refractivity contribution is -0.386. The van der Waals surface area contributed by atoms with Crippen molar-refractivity contribution in [3.63, 3.8) is 0 Å². The first-order valence-electron chi connectivity index (χ1n) is 5.84. The minimum absolute atomic E-state index is 0.0140. The van der Waals surface area contributed by atoms with Gasteiger partial charge in [0.1, 0.15) is 12.0 Å². The molecule has 0 heterocycles. The van der Waals surface area contributed by atoms with E-state index in [9.17, 15) is 14.9 Å². The molecule has 0 bridgehead atoms. The molecule has 0 aliphatic heterocycles. The van der Waals surface area contributed by atoms with Gasteiger partial charge in [-0.05, 0) is 32.3 Å². The minimum atomic E-state index is -0.787. The number of methoxy groups -OCH3 is 1. The lowest BCUT2D eigenvalue weighted by Gasteiger charge is -2.31. The van der Waals surface area contributed by atoms with Crippen molar-refractivity contribution < 1.29 is 14.5 Å².